The van der Waals surface area contributed by atoms with Gasteiger partial charge in [0.2, 0.25) is 0 Å². The maximum absolute atomic E-state index is 10.3. The lowest BCUT2D eigenvalue weighted by Crippen LogP contribution is -2.74. The second kappa shape index (κ2) is 7.29. The van der Waals surface area contributed by atoms with Crippen molar-refractivity contribution in [3.05, 3.63) is 0 Å². The van der Waals surface area contributed by atoms with Crippen LogP contribution in [-0.2, 0) is 23.7 Å². The van der Waals surface area contributed by atoms with Gasteiger partial charge in [-0.1, -0.05) is 0 Å². The lowest BCUT2D eigenvalue weighted by molar-refractivity contribution is -0.417. The average molecular weight is 368 g/mol. The summed E-state index contributed by atoms with van der Waals surface area (Å²) in [7, 11) is 1.27. The predicted octanol–water partition coefficient (Wildman–Crippen LogP) is -4.33. The Morgan fingerprint density at radius 3 is 2.36 bits per heavy atom. The van der Waals surface area contributed by atoms with Crippen LogP contribution in [0.15, 0.2) is 0 Å². The van der Waals surface area contributed by atoms with Crippen LogP contribution in [0.4, 0.5) is 0 Å². The zero-order valence-corrected chi connectivity index (χ0v) is 13.5. The molecule has 0 spiro atoms. The molecule has 4 rings (SSSR count). The molecule has 0 aromatic rings. The van der Waals surface area contributed by atoms with E-state index in [4.69, 9.17) is 23.7 Å². The quantitative estimate of drug-likeness (QED) is 0.277. The summed E-state index contributed by atoms with van der Waals surface area (Å²) in [4.78, 5) is 0. The van der Waals surface area contributed by atoms with Crippen molar-refractivity contribution in [2.75, 3.05) is 26.9 Å². The van der Waals surface area contributed by atoms with E-state index < -0.39 is 74.1 Å². The SMILES string of the molecule is CO[C@H]1O[C@H](CO)[C@@H](O[C@@H]2O[C@@]3(CO)CO[C@@H]2[C@@H](O)[C@@H]3O)[C@H](O)[C@H]1O. The highest BCUT2D eigenvalue weighted by Gasteiger charge is 2.61. The van der Waals surface area contributed by atoms with Crippen molar-refractivity contribution in [2.24, 2.45) is 0 Å². The lowest BCUT2D eigenvalue weighted by atomic mass is 9.84. The molecule has 4 saturated heterocycles. The highest BCUT2D eigenvalue weighted by atomic mass is 16.8. The molecule has 10 atom stereocenters. The predicted molar refractivity (Wildman–Crippen MR) is 76.1 cm³/mol. The number of aliphatic hydroxyl groups is 6. The molecule has 0 radical (unpaired) electrons. The van der Waals surface area contributed by atoms with Crippen molar-refractivity contribution in [1.29, 1.82) is 0 Å². The Balaban J connectivity index is 1.77. The van der Waals surface area contributed by atoms with Crippen LogP contribution >= 0.6 is 0 Å². The number of aliphatic hydroxyl groups excluding tert-OH is 6. The topological polar surface area (TPSA) is 168 Å². The lowest BCUT2D eigenvalue weighted by Gasteiger charge is -2.55. The van der Waals surface area contributed by atoms with Crippen molar-refractivity contribution in [3.63, 3.8) is 0 Å². The summed E-state index contributed by atoms with van der Waals surface area (Å²) >= 11 is 0. The van der Waals surface area contributed by atoms with Gasteiger partial charge >= 0.3 is 0 Å². The second-order valence-corrected chi connectivity index (χ2v) is 6.46. The summed E-state index contributed by atoms with van der Waals surface area (Å²) in [5, 5.41) is 59.5. The third-order valence-corrected chi connectivity index (χ3v) is 4.95. The van der Waals surface area contributed by atoms with E-state index >= 15 is 0 Å². The molecule has 4 aliphatic heterocycles. The fourth-order valence-corrected chi connectivity index (χ4v) is 3.41. The van der Waals surface area contributed by atoms with E-state index in [2.05, 4.69) is 0 Å². The van der Waals surface area contributed by atoms with Gasteiger partial charge in [-0.2, -0.15) is 0 Å². The van der Waals surface area contributed by atoms with Crippen molar-refractivity contribution < 1.29 is 54.3 Å². The molecule has 4 fully saturated rings. The zero-order valence-electron chi connectivity index (χ0n) is 13.5. The molecule has 6 N–H and O–H groups in total. The van der Waals surface area contributed by atoms with Gasteiger partial charge in [0, 0.05) is 7.11 Å². The molecule has 0 saturated carbocycles. The van der Waals surface area contributed by atoms with Crippen LogP contribution in [0.25, 0.3) is 0 Å². The van der Waals surface area contributed by atoms with Crippen LogP contribution in [0.1, 0.15) is 0 Å². The van der Waals surface area contributed by atoms with Crippen molar-refractivity contribution in [2.45, 2.75) is 60.9 Å². The number of hydrogen-bond acceptors (Lipinski definition) is 11. The van der Waals surface area contributed by atoms with E-state index in [1.807, 2.05) is 0 Å². The van der Waals surface area contributed by atoms with Crippen LogP contribution in [0.3, 0.4) is 0 Å². The standard InChI is InChI=1S/C14H24O11/c1-21-12-7(18)6(17)9(5(2-15)23-12)24-13-10-8(19)11(20)14(3-16,25-13)4-22-10/h5-13,15-20H,2-4H2,1H3/t5-,6-,7-,8-,9-,10-,11+,12+,13-,14+/m1/s1. The van der Waals surface area contributed by atoms with E-state index in [-0.39, 0.29) is 6.61 Å². The normalized spacial score (nSPS) is 53.2. The summed E-state index contributed by atoms with van der Waals surface area (Å²) < 4.78 is 26.8. The monoisotopic (exact) mass is 368 g/mol. The molecular weight excluding hydrogens is 344 g/mol. The summed E-state index contributed by atoms with van der Waals surface area (Å²) in [6.07, 6.45) is -11.4. The Bertz CT molecular complexity index is 462. The highest BCUT2D eigenvalue weighted by molar-refractivity contribution is 5.05. The fraction of sp³-hybridized carbons (Fsp3) is 1.00. The third kappa shape index (κ3) is 3.09. The van der Waals surface area contributed by atoms with E-state index in [0.717, 1.165) is 0 Å². The Morgan fingerprint density at radius 2 is 1.76 bits per heavy atom. The molecular formula is C14H24O11. The molecule has 11 nitrogen and oxygen atoms in total. The van der Waals surface area contributed by atoms with Crippen LogP contribution in [0.2, 0.25) is 0 Å². The Hall–Kier alpha value is -0.440. The minimum Gasteiger partial charge on any atom is -0.394 e. The molecule has 0 aliphatic carbocycles. The van der Waals surface area contributed by atoms with Gasteiger partial charge in [-0.15, -0.1) is 0 Å². The number of ether oxygens (including phenoxy) is 5. The first-order chi connectivity index (χ1) is 11.9. The molecule has 0 aromatic heterocycles. The first-order valence-electron chi connectivity index (χ1n) is 7.95. The molecule has 4 heterocycles. The summed E-state index contributed by atoms with van der Waals surface area (Å²) in [5.41, 5.74) is -1.57. The number of rotatable bonds is 5. The third-order valence-electron chi connectivity index (χ3n) is 4.95. The van der Waals surface area contributed by atoms with Gasteiger partial charge in [-0.25, -0.2) is 0 Å². The van der Waals surface area contributed by atoms with E-state index in [0.29, 0.717) is 0 Å². The van der Waals surface area contributed by atoms with Crippen LogP contribution in [0, 0.1) is 0 Å². The first kappa shape index (κ1) is 19.3. The van der Waals surface area contributed by atoms with Gasteiger partial charge in [-0.05, 0) is 0 Å². The minimum absolute atomic E-state index is 0.145. The van der Waals surface area contributed by atoms with Crippen LogP contribution in [-0.4, -0.2) is 118 Å². The fourth-order valence-electron chi connectivity index (χ4n) is 3.41. The molecule has 11 heteroatoms. The smallest absolute Gasteiger partial charge is 0.187 e. The van der Waals surface area contributed by atoms with Gasteiger partial charge in [0.25, 0.3) is 0 Å². The van der Waals surface area contributed by atoms with E-state index in [1.54, 1.807) is 0 Å². The van der Waals surface area contributed by atoms with Crippen molar-refractivity contribution in [3.8, 4) is 0 Å². The van der Waals surface area contributed by atoms with Crippen molar-refractivity contribution >= 4 is 0 Å². The van der Waals surface area contributed by atoms with Gasteiger partial charge in [0.15, 0.2) is 12.6 Å². The molecule has 0 unspecified atom stereocenters. The largest absolute Gasteiger partial charge is 0.394 e. The Labute approximate surface area is 143 Å². The number of methoxy groups -OCH3 is 1. The van der Waals surface area contributed by atoms with Gasteiger partial charge in [-0.3, -0.25) is 0 Å². The van der Waals surface area contributed by atoms with Gasteiger partial charge < -0.3 is 54.3 Å². The second-order valence-electron chi connectivity index (χ2n) is 6.46. The van der Waals surface area contributed by atoms with Gasteiger partial charge in [0.05, 0.1) is 19.8 Å². The minimum atomic E-state index is -1.57. The number of hydrogen-bond donors (Lipinski definition) is 6. The Kier molecular flexibility index (Phi) is 5.63. The maximum atomic E-state index is 10.3. The molecule has 0 amide bonds. The molecule has 4 aliphatic rings. The van der Waals surface area contributed by atoms with Crippen molar-refractivity contribution in [1.82, 2.24) is 0 Å². The first-order valence-corrected chi connectivity index (χ1v) is 7.95. The van der Waals surface area contributed by atoms with Gasteiger partial charge in [0.1, 0.15) is 48.3 Å². The van der Waals surface area contributed by atoms with Crippen LogP contribution < -0.4 is 0 Å². The number of fused-ring (bicyclic) bond motifs is 3. The molecule has 0 aromatic carbocycles. The summed E-state index contributed by atoms with van der Waals surface area (Å²) in [6, 6.07) is 0. The van der Waals surface area contributed by atoms with Crippen LogP contribution in [0.5, 0.6) is 0 Å². The summed E-state index contributed by atoms with van der Waals surface area (Å²) in [6.45, 7) is -1.31. The average Bonchev–Trinajstić information content (AvgIpc) is 2.63. The van der Waals surface area contributed by atoms with E-state index in [1.165, 1.54) is 7.11 Å². The Morgan fingerprint density at radius 1 is 1.04 bits per heavy atom. The van der Waals surface area contributed by atoms with E-state index in [9.17, 15) is 30.6 Å². The molecule has 146 valence electrons. The summed E-state index contributed by atoms with van der Waals surface area (Å²) in [5.74, 6) is 0. The zero-order chi connectivity index (χ0) is 18.4. The maximum Gasteiger partial charge on any atom is 0.187 e. The highest BCUT2D eigenvalue weighted by Crippen LogP contribution is 2.39. The molecule has 25 heavy (non-hydrogen) atoms. The molecule has 2 bridgehead atoms.